The molecule has 4 heteroatoms. The van der Waals surface area contributed by atoms with Gasteiger partial charge in [-0.2, -0.15) is 5.10 Å². The minimum absolute atomic E-state index is 0.246. The number of hydrogen-bond donors (Lipinski definition) is 2. The minimum Gasteiger partial charge on any atom is -0.396 e. The summed E-state index contributed by atoms with van der Waals surface area (Å²) in [6.45, 7) is 5.18. The molecule has 0 radical (unpaired) electrons. The number of aliphatic hydroxyl groups excluding tert-OH is 1. The molecular formula is C11H21N3O. The summed E-state index contributed by atoms with van der Waals surface area (Å²) < 4.78 is 1.90. The highest BCUT2D eigenvalue weighted by molar-refractivity contribution is 5.08. The molecule has 0 saturated heterocycles. The van der Waals surface area contributed by atoms with Crippen molar-refractivity contribution in [3.8, 4) is 0 Å². The molecule has 0 aliphatic heterocycles. The van der Waals surface area contributed by atoms with Crippen LogP contribution in [0.3, 0.4) is 0 Å². The van der Waals surface area contributed by atoms with Gasteiger partial charge in [0.1, 0.15) is 0 Å². The molecule has 1 aromatic rings. The molecular weight excluding hydrogens is 190 g/mol. The van der Waals surface area contributed by atoms with Gasteiger partial charge in [0, 0.05) is 26.2 Å². The van der Waals surface area contributed by atoms with Gasteiger partial charge >= 0.3 is 0 Å². The first-order valence-electron chi connectivity index (χ1n) is 5.51. The Bertz CT molecular complexity index is 296. The van der Waals surface area contributed by atoms with Gasteiger partial charge < -0.3 is 10.4 Å². The minimum atomic E-state index is 0.246. The van der Waals surface area contributed by atoms with Gasteiger partial charge in [-0.25, -0.2) is 0 Å². The lowest BCUT2D eigenvalue weighted by molar-refractivity contribution is 0.261. The Morgan fingerprint density at radius 2 is 2.33 bits per heavy atom. The third-order valence-electron chi connectivity index (χ3n) is 2.64. The zero-order chi connectivity index (χ0) is 11.3. The summed E-state index contributed by atoms with van der Waals surface area (Å²) in [7, 11) is 1.96. The van der Waals surface area contributed by atoms with Gasteiger partial charge in [0.05, 0.1) is 11.4 Å². The van der Waals surface area contributed by atoms with Gasteiger partial charge in [-0.3, -0.25) is 4.68 Å². The Balaban J connectivity index is 2.44. The van der Waals surface area contributed by atoms with Crippen LogP contribution in [0.5, 0.6) is 0 Å². The Kier molecular flexibility index (Phi) is 4.78. The summed E-state index contributed by atoms with van der Waals surface area (Å²) in [5, 5.41) is 16.6. The SMILES string of the molecule is CCC(CCO)NCc1cc(C)nn1C. The first-order valence-corrected chi connectivity index (χ1v) is 5.51. The zero-order valence-electron chi connectivity index (χ0n) is 9.82. The highest BCUT2D eigenvalue weighted by Crippen LogP contribution is 2.03. The Morgan fingerprint density at radius 3 is 2.80 bits per heavy atom. The van der Waals surface area contributed by atoms with Crippen LogP contribution in [0.25, 0.3) is 0 Å². The average Bonchev–Trinajstić information content (AvgIpc) is 2.52. The third kappa shape index (κ3) is 3.64. The van der Waals surface area contributed by atoms with Gasteiger partial charge in [0.25, 0.3) is 0 Å². The number of aryl methyl sites for hydroxylation is 2. The van der Waals surface area contributed by atoms with Crippen LogP contribution in [0.1, 0.15) is 31.2 Å². The number of rotatable bonds is 6. The van der Waals surface area contributed by atoms with Gasteiger partial charge in [0.15, 0.2) is 0 Å². The molecule has 15 heavy (non-hydrogen) atoms. The highest BCUT2D eigenvalue weighted by Gasteiger charge is 2.06. The first-order chi connectivity index (χ1) is 7.17. The van der Waals surface area contributed by atoms with Gasteiger partial charge in [-0.15, -0.1) is 0 Å². The molecule has 0 aromatic carbocycles. The Morgan fingerprint density at radius 1 is 1.60 bits per heavy atom. The van der Waals surface area contributed by atoms with E-state index in [0.717, 1.165) is 25.1 Å². The van der Waals surface area contributed by atoms with E-state index in [-0.39, 0.29) is 6.61 Å². The van der Waals surface area contributed by atoms with Crippen LogP contribution >= 0.6 is 0 Å². The lowest BCUT2D eigenvalue weighted by Gasteiger charge is -2.15. The molecule has 1 aromatic heterocycles. The number of nitrogens with zero attached hydrogens (tertiary/aromatic N) is 2. The largest absolute Gasteiger partial charge is 0.396 e. The number of hydrogen-bond acceptors (Lipinski definition) is 3. The topological polar surface area (TPSA) is 50.1 Å². The molecule has 1 atom stereocenters. The lowest BCUT2D eigenvalue weighted by atomic mass is 10.1. The Labute approximate surface area is 91.3 Å². The maximum absolute atomic E-state index is 8.87. The van der Waals surface area contributed by atoms with E-state index in [1.165, 1.54) is 5.69 Å². The maximum atomic E-state index is 8.87. The van der Waals surface area contributed by atoms with Crippen molar-refractivity contribution in [1.29, 1.82) is 0 Å². The molecule has 86 valence electrons. The van der Waals surface area contributed by atoms with Crippen molar-refractivity contribution < 1.29 is 5.11 Å². The van der Waals surface area contributed by atoms with E-state index >= 15 is 0 Å². The first kappa shape index (κ1) is 12.2. The van der Waals surface area contributed by atoms with E-state index in [9.17, 15) is 0 Å². The second-order valence-electron chi connectivity index (χ2n) is 3.90. The average molecular weight is 211 g/mol. The van der Waals surface area contributed by atoms with E-state index in [1.807, 2.05) is 18.7 Å². The number of aliphatic hydroxyl groups is 1. The molecule has 1 unspecified atom stereocenters. The van der Waals surface area contributed by atoms with Gasteiger partial charge in [-0.05, 0) is 25.8 Å². The maximum Gasteiger partial charge on any atom is 0.0597 e. The molecule has 0 bridgehead atoms. The van der Waals surface area contributed by atoms with Gasteiger partial charge in [-0.1, -0.05) is 6.92 Å². The van der Waals surface area contributed by atoms with Gasteiger partial charge in [0.2, 0.25) is 0 Å². The Hall–Kier alpha value is -0.870. The third-order valence-corrected chi connectivity index (χ3v) is 2.64. The summed E-state index contributed by atoms with van der Waals surface area (Å²) in [5.41, 5.74) is 2.23. The van der Waals surface area contributed by atoms with Crippen molar-refractivity contribution in [2.24, 2.45) is 7.05 Å². The molecule has 0 saturated carbocycles. The van der Waals surface area contributed by atoms with Crippen LogP contribution in [0.15, 0.2) is 6.07 Å². The standard InChI is InChI=1S/C11H21N3O/c1-4-10(5-6-15)12-8-11-7-9(2)13-14(11)3/h7,10,12,15H,4-6,8H2,1-3H3. The molecule has 1 heterocycles. The summed E-state index contributed by atoms with van der Waals surface area (Å²) in [4.78, 5) is 0. The van der Waals surface area contributed by atoms with E-state index in [0.29, 0.717) is 6.04 Å². The molecule has 1 rings (SSSR count). The summed E-state index contributed by atoms with van der Waals surface area (Å²) in [6, 6.07) is 2.48. The van der Waals surface area contributed by atoms with E-state index in [4.69, 9.17) is 5.11 Å². The second-order valence-corrected chi connectivity index (χ2v) is 3.90. The summed E-state index contributed by atoms with van der Waals surface area (Å²) >= 11 is 0. The van der Waals surface area contributed by atoms with Crippen molar-refractivity contribution in [2.45, 2.75) is 39.3 Å². The van der Waals surface area contributed by atoms with Crippen molar-refractivity contribution in [3.05, 3.63) is 17.5 Å². The smallest absolute Gasteiger partial charge is 0.0597 e. The van der Waals surface area contributed by atoms with Crippen LogP contribution in [0, 0.1) is 6.92 Å². The molecule has 0 fully saturated rings. The molecule has 0 spiro atoms. The fraction of sp³-hybridized carbons (Fsp3) is 0.727. The summed E-state index contributed by atoms with van der Waals surface area (Å²) in [6.07, 6.45) is 1.85. The van der Waals surface area contributed by atoms with E-state index in [2.05, 4.69) is 23.4 Å². The van der Waals surface area contributed by atoms with Crippen LogP contribution in [-0.4, -0.2) is 27.5 Å². The fourth-order valence-electron chi connectivity index (χ4n) is 1.68. The van der Waals surface area contributed by atoms with Crippen LogP contribution in [0.4, 0.5) is 0 Å². The van der Waals surface area contributed by atoms with Crippen molar-refractivity contribution >= 4 is 0 Å². The predicted octanol–water partition coefficient (Wildman–Crippen LogP) is 0.979. The second kappa shape index (κ2) is 5.88. The molecule has 0 amide bonds. The lowest BCUT2D eigenvalue weighted by Crippen LogP contribution is -2.29. The monoisotopic (exact) mass is 211 g/mol. The van der Waals surface area contributed by atoms with Crippen LogP contribution < -0.4 is 5.32 Å². The quantitative estimate of drug-likeness (QED) is 0.737. The number of aromatic nitrogens is 2. The highest BCUT2D eigenvalue weighted by atomic mass is 16.3. The normalized spacial score (nSPS) is 13.1. The fourth-order valence-corrected chi connectivity index (χ4v) is 1.68. The van der Waals surface area contributed by atoms with E-state index in [1.54, 1.807) is 0 Å². The van der Waals surface area contributed by atoms with E-state index < -0.39 is 0 Å². The van der Waals surface area contributed by atoms with Crippen LogP contribution in [-0.2, 0) is 13.6 Å². The van der Waals surface area contributed by atoms with Crippen LogP contribution in [0.2, 0.25) is 0 Å². The van der Waals surface area contributed by atoms with Crippen molar-refractivity contribution in [3.63, 3.8) is 0 Å². The zero-order valence-corrected chi connectivity index (χ0v) is 9.82. The predicted molar refractivity (Wildman–Crippen MR) is 60.6 cm³/mol. The van der Waals surface area contributed by atoms with Crippen molar-refractivity contribution in [1.82, 2.24) is 15.1 Å². The molecule has 0 aliphatic rings. The number of nitrogens with one attached hydrogen (secondary N) is 1. The van der Waals surface area contributed by atoms with Crippen molar-refractivity contribution in [2.75, 3.05) is 6.61 Å². The molecule has 2 N–H and O–H groups in total. The molecule has 0 aliphatic carbocycles. The molecule has 4 nitrogen and oxygen atoms in total. The summed E-state index contributed by atoms with van der Waals surface area (Å²) in [5.74, 6) is 0.